The molecule has 0 atom stereocenters. The number of rotatable bonds is 0. The molecule has 0 bridgehead atoms. The van der Waals surface area contributed by atoms with Gasteiger partial charge in [-0.1, -0.05) is 5.16 Å². The molecule has 1 amide bonds. The molecule has 1 saturated heterocycles. The zero-order chi connectivity index (χ0) is 15.9. The topological polar surface area (TPSA) is 51.1 Å². The molecule has 2 rings (SSSR count). The number of ether oxygens (including phenoxy) is 1. The molecule has 0 aliphatic carbocycles. The molecule has 0 aromatic heterocycles. The molecule has 2 heterocycles. The summed E-state index contributed by atoms with van der Waals surface area (Å²) in [5.41, 5.74) is -2.40. The highest BCUT2D eigenvalue weighted by Crippen LogP contribution is 2.38. The Kier molecular flexibility index (Phi) is 3.84. The van der Waals surface area contributed by atoms with Gasteiger partial charge in [0.1, 0.15) is 11.2 Å². The molecule has 2 aliphatic heterocycles. The van der Waals surface area contributed by atoms with Crippen molar-refractivity contribution in [2.24, 2.45) is 5.16 Å². The number of amides is 1. The van der Waals surface area contributed by atoms with Gasteiger partial charge in [0.25, 0.3) is 0 Å². The fraction of sp³-hybridized carbons (Fsp3) is 0.846. The molecule has 120 valence electrons. The number of nitrogens with zero attached hydrogens (tertiary/aromatic N) is 2. The van der Waals surface area contributed by atoms with Gasteiger partial charge in [0.2, 0.25) is 0 Å². The number of likely N-dealkylation sites (tertiary alicyclic amines) is 1. The van der Waals surface area contributed by atoms with Crippen molar-refractivity contribution in [2.45, 2.75) is 57.4 Å². The molecule has 0 radical (unpaired) electrons. The lowest BCUT2D eigenvalue weighted by atomic mass is 9.87. The number of alkyl halides is 3. The first-order valence-corrected chi connectivity index (χ1v) is 6.81. The Hall–Kier alpha value is -1.47. The molecular weight excluding hydrogens is 289 g/mol. The standard InChI is InChI=1S/C13H19F3N2O3/c1-11(2,3)20-10(19)18-6-4-12(5-7-18)8-9(17-21-12)13(14,15)16/h4-8H2,1-3H3. The van der Waals surface area contributed by atoms with Gasteiger partial charge in [0.05, 0.1) is 0 Å². The Morgan fingerprint density at radius 1 is 1.29 bits per heavy atom. The van der Waals surface area contributed by atoms with Gasteiger partial charge in [-0.2, -0.15) is 13.2 Å². The van der Waals surface area contributed by atoms with E-state index in [1.54, 1.807) is 20.8 Å². The van der Waals surface area contributed by atoms with Crippen LogP contribution in [0.15, 0.2) is 5.16 Å². The second-order valence-corrected chi connectivity index (χ2v) is 6.45. The van der Waals surface area contributed by atoms with E-state index >= 15 is 0 Å². The summed E-state index contributed by atoms with van der Waals surface area (Å²) in [7, 11) is 0. The zero-order valence-corrected chi connectivity index (χ0v) is 12.3. The average Bonchev–Trinajstić information content (AvgIpc) is 2.72. The third kappa shape index (κ3) is 3.79. The van der Waals surface area contributed by atoms with Crippen LogP contribution in [-0.2, 0) is 9.57 Å². The van der Waals surface area contributed by atoms with Gasteiger partial charge in [0, 0.05) is 32.4 Å². The van der Waals surface area contributed by atoms with Crippen molar-refractivity contribution >= 4 is 11.8 Å². The lowest BCUT2D eigenvalue weighted by molar-refractivity contribution is -0.0644. The minimum atomic E-state index is -4.45. The molecule has 0 N–H and O–H groups in total. The van der Waals surface area contributed by atoms with E-state index in [1.807, 2.05) is 0 Å². The number of piperidine rings is 1. The van der Waals surface area contributed by atoms with Crippen LogP contribution < -0.4 is 0 Å². The van der Waals surface area contributed by atoms with E-state index < -0.39 is 29.2 Å². The first-order chi connectivity index (χ1) is 9.51. The third-order valence-electron chi connectivity index (χ3n) is 3.49. The summed E-state index contributed by atoms with van der Waals surface area (Å²) in [4.78, 5) is 18.4. The number of carbonyl (C=O) groups excluding carboxylic acids is 1. The van der Waals surface area contributed by atoms with Crippen LogP contribution in [0, 0.1) is 0 Å². The van der Waals surface area contributed by atoms with E-state index in [0.717, 1.165) is 0 Å². The summed E-state index contributed by atoms with van der Waals surface area (Å²) < 4.78 is 43.0. The van der Waals surface area contributed by atoms with Crippen molar-refractivity contribution in [2.75, 3.05) is 13.1 Å². The SMILES string of the molecule is CC(C)(C)OC(=O)N1CCC2(CC1)CC(C(F)(F)F)=NO2. The molecule has 0 saturated carbocycles. The summed E-state index contributed by atoms with van der Waals surface area (Å²) in [6.45, 7) is 5.89. The predicted molar refractivity (Wildman–Crippen MR) is 69.0 cm³/mol. The Bertz CT molecular complexity index is 447. The number of hydrogen-bond acceptors (Lipinski definition) is 4. The maximum atomic E-state index is 12.6. The summed E-state index contributed by atoms with van der Waals surface area (Å²) in [6.07, 6.45) is -4.53. The average molecular weight is 308 g/mol. The highest BCUT2D eigenvalue weighted by molar-refractivity contribution is 5.91. The second-order valence-electron chi connectivity index (χ2n) is 6.45. The lowest BCUT2D eigenvalue weighted by Gasteiger charge is -2.37. The van der Waals surface area contributed by atoms with Crippen LogP contribution in [0.2, 0.25) is 0 Å². The van der Waals surface area contributed by atoms with E-state index in [4.69, 9.17) is 9.57 Å². The lowest BCUT2D eigenvalue weighted by Crippen LogP contribution is -2.48. The fourth-order valence-electron chi connectivity index (χ4n) is 2.36. The number of oxime groups is 1. The van der Waals surface area contributed by atoms with Crippen molar-refractivity contribution in [1.82, 2.24) is 4.90 Å². The van der Waals surface area contributed by atoms with E-state index in [0.29, 0.717) is 25.9 Å². The molecule has 5 nitrogen and oxygen atoms in total. The molecule has 0 aromatic rings. The summed E-state index contributed by atoms with van der Waals surface area (Å²) in [6, 6.07) is 0. The van der Waals surface area contributed by atoms with Crippen LogP contribution in [0.25, 0.3) is 0 Å². The van der Waals surface area contributed by atoms with Crippen molar-refractivity contribution in [3.05, 3.63) is 0 Å². The van der Waals surface area contributed by atoms with E-state index in [9.17, 15) is 18.0 Å². The highest BCUT2D eigenvalue weighted by atomic mass is 19.4. The highest BCUT2D eigenvalue weighted by Gasteiger charge is 2.50. The molecule has 0 aromatic carbocycles. The van der Waals surface area contributed by atoms with Crippen molar-refractivity contribution < 1.29 is 27.5 Å². The van der Waals surface area contributed by atoms with Crippen LogP contribution in [-0.4, -0.2) is 47.2 Å². The number of carbonyl (C=O) groups is 1. The van der Waals surface area contributed by atoms with Crippen LogP contribution in [0.5, 0.6) is 0 Å². The summed E-state index contributed by atoms with van der Waals surface area (Å²) in [5, 5.41) is 3.17. The Morgan fingerprint density at radius 2 is 1.86 bits per heavy atom. The maximum Gasteiger partial charge on any atom is 0.432 e. The van der Waals surface area contributed by atoms with Crippen LogP contribution >= 0.6 is 0 Å². The maximum absolute atomic E-state index is 12.6. The molecule has 2 aliphatic rings. The quantitative estimate of drug-likeness (QED) is 0.691. The second kappa shape index (κ2) is 5.06. The number of hydrogen-bond donors (Lipinski definition) is 0. The van der Waals surface area contributed by atoms with E-state index in [-0.39, 0.29) is 6.42 Å². The minimum Gasteiger partial charge on any atom is -0.444 e. The molecule has 0 unspecified atom stereocenters. The summed E-state index contributed by atoms with van der Waals surface area (Å²) in [5.74, 6) is 0. The van der Waals surface area contributed by atoms with Gasteiger partial charge in [-0.05, 0) is 20.8 Å². The monoisotopic (exact) mass is 308 g/mol. The zero-order valence-electron chi connectivity index (χ0n) is 12.3. The molecule has 1 fully saturated rings. The molecule has 21 heavy (non-hydrogen) atoms. The number of halogens is 3. The third-order valence-corrected chi connectivity index (χ3v) is 3.49. The molecule has 1 spiro atoms. The normalized spacial score (nSPS) is 22.0. The van der Waals surface area contributed by atoms with Gasteiger partial charge in [-0.3, -0.25) is 0 Å². The van der Waals surface area contributed by atoms with Crippen molar-refractivity contribution in [3.8, 4) is 0 Å². The van der Waals surface area contributed by atoms with Gasteiger partial charge >= 0.3 is 12.3 Å². The van der Waals surface area contributed by atoms with E-state index in [1.165, 1.54) is 4.90 Å². The van der Waals surface area contributed by atoms with Gasteiger partial charge in [-0.15, -0.1) is 0 Å². The first kappa shape index (κ1) is 15.9. The van der Waals surface area contributed by atoms with Crippen LogP contribution in [0.3, 0.4) is 0 Å². The smallest absolute Gasteiger partial charge is 0.432 e. The fourth-order valence-corrected chi connectivity index (χ4v) is 2.36. The Labute approximate surface area is 121 Å². The first-order valence-electron chi connectivity index (χ1n) is 6.81. The Morgan fingerprint density at radius 3 is 2.29 bits per heavy atom. The predicted octanol–water partition coefficient (Wildman–Crippen LogP) is 3.09. The van der Waals surface area contributed by atoms with Gasteiger partial charge in [-0.25, -0.2) is 4.79 Å². The Balaban J connectivity index is 1.89. The van der Waals surface area contributed by atoms with Crippen LogP contribution in [0.4, 0.5) is 18.0 Å². The van der Waals surface area contributed by atoms with Gasteiger partial charge in [0.15, 0.2) is 5.71 Å². The van der Waals surface area contributed by atoms with Crippen molar-refractivity contribution in [3.63, 3.8) is 0 Å². The summed E-state index contributed by atoms with van der Waals surface area (Å²) >= 11 is 0. The van der Waals surface area contributed by atoms with Crippen molar-refractivity contribution in [1.29, 1.82) is 0 Å². The van der Waals surface area contributed by atoms with E-state index in [2.05, 4.69) is 5.16 Å². The minimum absolute atomic E-state index is 0.251. The molecule has 8 heteroatoms. The van der Waals surface area contributed by atoms with Crippen LogP contribution in [0.1, 0.15) is 40.0 Å². The molecular formula is C13H19F3N2O3. The largest absolute Gasteiger partial charge is 0.444 e. The van der Waals surface area contributed by atoms with Gasteiger partial charge < -0.3 is 14.5 Å².